The minimum Gasteiger partial charge on any atom is -0.379 e. The van der Waals surface area contributed by atoms with Gasteiger partial charge in [-0.2, -0.15) is 4.98 Å². The molecule has 196 valence electrons. The topological polar surface area (TPSA) is 108 Å². The van der Waals surface area contributed by atoms with Gasteiger partial charge in [-0.1, -0.05) is 29.8 Å². The van der Waals surface area contributed by atoms with Crippen LogP contribution < -0.4 is 16.6 Å². The Hall–Kier alpha value is -3.33. The summed E-state index contributed by atoms with van der Waals surface area (Å²) in [7, 11) is 0. The van der Waals surface area contributed by atoms with E-state index in [1.54, 1.807) is 6.20 Å². The first-order valence-corrected chi connectivity index (χ1v) is 13.6. The summed E-state index contributed by atoms with van der Waals surface area (Å²) in [6.45, 7) is 3.31. The first-order chi connectivity index (χ1) is 18.5. The van der Waals surface area contributed by atoms with Crippen molar-refractivity contribution in [3.63, 3.8) is 0 Å². The van der Waals surface area contributed by atoms with Gasteiger partial charge in [-0.3, -0.25) is 14.3 Å². The molecule has 1 saturated heterocycles. The summed E-state index contributed by atoms with van der Waals surface area (Å²) in [5, 5.41) is 4.66. The Kier molecular flexibility index (Phi) is 6.86. The van der Waals surface area contributed by atoms with Crippen molar-refractivity contribution in [2.75, 3.05) is 18.5 Å². The maximum Gasteiger partial charge on any atom is 0.260 e. The molecule has 0 spiro atoms. The van der Waals surface area contributed by atoms with Crippen LogP contribution in [0.1, 0.15) is 43.8 Å². The highest BCUT2D eigenvalue weighted by molar-refractivity contribution is 6.33. The molecular formula is C29H31ClN6O2. The van der Waals surface area contributed by atoms with E-state index in [0.717, 1.165) is 61.0 Å². The highest BCUT2D eigenvalue weighted by atomic mass is 35.5. The third-order valence-corrected chi connectivity index (χ3v) is 7.90. The van der Waals surface area contributed by atoms with E-state index in [1.165, 1.54) is 0 Å². The Morgan fingerprint density at radius 2 is 1.89 bits per heavy atom. The molecule has 8 nitrogen and oxygen atoms in total. The van der Waals surface area contributed by atoms with Crippen LogP contribution in [0.5, 0.6) is 0 Å². The molecular weight excluding hydrogens is 500 g/mol. The van der Waals surface area contributed by atoms with E-state index >= 15 is 0 Å². The van der Waals surface area contributed by atoms with E-state index in [9.17, 15) is 4.79 Å². The molecule has 9 heteroatoms. The van der Waals surface area contributed by atoms with Crippen molar-refractivity contribution in [3.05, 3.63) is 69.7 Å². The lowest BCUT2D eigenvalue weighted by atomic mass is 9.91. The SMILES string of the molecule is Cc1cccc(-c2ccc(-c3cc4cnc(N[C@H]5CCOC5)nc4n(C4CCC(N)CC4)c3=O)c(Cl)c2)n1. The first-order valence-electron chi connectivity index (χ1n) is 13.2. The minimum atomic E-state index is -0.102. The van der Waals surface area contributed by atoms with Crippen molar-refractivity contribution < 1.29 is 4.74 Å². The number of benzene rings is 1. The zero-order valence-electron chi connectivity index (χ0n) is 21.4. The fraction of sp³-hybridized carbons (Fsp3) is 0.379. The quantitative estimate of drug-likeness (QED) is 0.368. The number of nitrogens with one attached hydrogen (secondary N) is 1. The Labute approximate surface area is 226 Å². The third-order valence-electron chi connectivity index (χ3n) is 7.59. The Morgan fingerprint density at radius 3 is 2.63 bits per heavy atom. The zero-order chi connectivity index (χ0) is 26.2. The number of aromatic nitrogens is 4. The molecule has 1 aliphatic heterocycles. The smallest absolute Gasteiger partial charge is 0.260 e. The maximum absolute atomic E-state index is 14.1. The molecule has 1 aromatic carbocycles. The lowest BCUT2D eigenvalue weighted by Crippen LogP contribution is -2.33. The van der Waals surface area contributed by atoms with Gasteiger partial charge in [0.25, 0.3) is 5.56 Å². The van der Waals surface area contributed by atoms with Gasteiger partial charge in [-0.25, -0.2) is 4.98 Å². The molecule has 38 heavy (non-hydrogen) atoms. The number of halogens is 1. The molecule has 1 atom stereocenters. The monoisotopic (exact) mass is 530 g/mol. The van der Waals surface area contributed by atoms with Crippen LogP contribution >= 0.6 is 11.6 Å². The lowest BCUT2D eigenvalue weighted by Gasteiger charge is -2.29. The molecule has 1 saturated carbocycles. The second-order valence-electron chi connectivity index (χ2n) is 10.3. The highest BCUT2D eigenvalue weighted by Crippen LogP contribution is 2.34. The van der Waals surface area contributed by atoms with Crippen LogP contribution in [0.3, 0.4) is 0 Å². The molecule has 3 N–H and O–H groups in total. The maximum atomic E-state index is 14.1. The summed E-state index contributed by atoms with van der Waals surface area (Å²) in [5.41, 5.74) is 10.6. The van der Waals surface area contributed by atoms with Crippen molar-refractivity contribution in [2.45, 2.75) is 57.2 Å². The van der Waals surface area contributed by atoms with Gasteiger partial charge in [-0.15, -0.1) is 0 Å². The Bertz CT molecular complexity index is 1540. The number of pyridine rings is 2. The van der Waals surface area contributed by atoms with E-state index in [-0.39, 0.29) is 23.7 Å². The van der Waals surface area contributed by atoms with Crippen LogP contribution in [0.15, 0.2) is 53.5 Å². The van der Waals surface area contributed by atoms with Gasteiger partial charge in [0.2, 0.25) is 5.95 Å². The molecule has 0 bridgehead atoms. The molecule has 1 aliphatic carbocycles. The fourth-order valence-electron chi connectivity index (χ4n) is 5.51. The number of nitrogens with two attached hydrogens (primary N) is 1. The van der Waals surface area contributed by atoms with Crippen molar-refractivity contribution in [3.8, 4) is 22.4 Å². The number of hydrogen-bond acceptors (Lipinski definition) is 7. The number of fused-ring (bicyclic) bond motifs is 1. The van der Waals surface area contributed by atoms with Crippen LogP contribution in [-0.4, -0.2) is 44.8 Å². The second-order valence-corrected chi connectivity index (χ2v) is 10.7. The number of anilines is 1. The van der Waals surface area contributed by atoms with Gasteiger partial charge in [-0.05, 0) is 63.3 Å². The summed E-state index contributed by atoms with van der Waals surface area (Å²) in [4.78, 5) is 28.1. The van der Waals surface area contributed by atoms with Gasteiger partial charge in [0.05, 0.1) is 18.3 Å². The highest BCUT2D eigenvalue weighted by Gasteiger charge is 2.26. The molecule has 2 aliphatic rings. The van der Waals surface area contributed by atoms with Gasteiger partial charge < -0.3 is 15.8 Å². The number of rotatable bonds is 5. The van der Waals surface area contributed by atoms with Crippen molar-refractivity contribution in [1.29, 1.82) is 0 Å². The summed E-state index contributed by atoms with van der Waals surface area (Å²) in [5.74, 6) is 0.509. The van der Waals surface area contributed by atoms with Crippen LogP contribution in [0.4, 0.5) is 5.95 Å². The van der Waals surface area contributed by atoms with Crippen molar-refractivity contribution >= 4 is 28.6 Å². The van der Waals surface area contributed by atoms with E-state index in [2.05, 4.69) is 15.3 Å². The van der Waals surface area contributed by atoms with E-state index in [1.807, 2.05) is 54.0 Å². The van der Waals surface area contributed by atoms with Crippen LogP contribution in [-0.2, 0) is 4.74 Å². The summed E-state index contributed by atoms with van der Waals surface area (Å²) in [6.07, 6.45) is 6.09. The first kappa shape index (κ1) is 25.0. The predicted molar refractivity (Wildman–Crippen MR) is 151 cm³/mol. The molecule has 4 aromatic rings. The summed E-state index contributed by atoms with van der Waals surface area (Å²) >= 11 is 6.81. The molecule has 3 aromatic heterocycles. The Balaban J connectivity index is 1.46. The number of hydrogen-bond donors (Lipinski definition) is 2. The predicted octanol–water partition coefficient (Wildman–Crippen LogP) is 5.13. The fourth-order valence-corrected chi connectivity index (χ4v) is 5.79. The number of ether oxygens (including phenoxy) is 1. The average molecular weight is 531 g/mol. The number of aryl methyl sites for hydroxylation is 1. The standard InChI is InChI=1S/C29H31ClN6O2/c1-17-3-2-4-26(33-17)18-5-10-23(25(30)14-18)24-13-19-15-32-29(34-21-11-12-38-16-21)35-27(19)36(28(24)37)22-8-6-20(31)7-9-22/h2-5,10,13-15,20-22H,6-9,11-12,16,31H2,1H3,(H,32,34,35)/t20?,21-,22?/m0/s1. The normalized spacial score (nSPS) is 21.6. The third kappa shape index (κ3) is 4.91. The van der Waals surface area contributed by atoms with Gasteiger partial charge in [0, 0.05) is 57.7 Å². The van der Waals surface area contributed by atoms with E-state index < -0.39 is 0 Å². The van der Waals surface area contributed by atoms with Gasteiger partial charge in [0.1, 0.15) is 5.65 Å². The zero-order valence-corrected chi connectivity index (χ0v) is 22.1. The molecule has 6 rings (SSSR count). The van der Waals surface area contributed by atoms with E-state index in [0.29, 0.717) is 34.4 Å². The van der Waals surface area contributed by atoms with E-state index in [4.69, 9.17) is 27.1 Å². The molecule has 2 fully saturated rings. The van der Waals surface area contributed by atoms with Crippen molar-refractivity contribution in [2.24, 2.45) is 5.73 Å². The van der Waals surface area contributed by atoms with Crippen LogP contribution in [0.25, 0.3) is 33.4 Å². The minimum absolute atomic E-state index is 0.0110. The largest absolute Gasteiger partial charge is 0.379 e. The molecule has 0 radical (unpaired) electrons. The molecule has 0 amide bonds. The summed E-state index contributed by atoms with van der Waals surface area (Å²) < 4.78 is 7.33. The Morgan fingerprint density at radius 1 is 1.05 bits per heavy atom. The van der Waals surface area contributed by atoms with Crippen LogP contribution in [0, 0.1) is 6.92 Å². The number of nitrogens with zero attached hydrogens (tertiary/aromatic N) is 4. The second kappa shape index (κ2) is 10.4. The van der Waals surface area contributed by atoms with Crippen molar-refractivity contribution in [1.82, 2.24) is 19.5 Å². The molecule has 0 unspecified atom stereocenters. The van der Waals surface area contributed by atoms with Gasteiger partial charge in [0.15, 0.2) is 0 Å². The van der Waals surface area contributed by atoms with Gasteiger partial charge >= 0.3 is 0 Å². The average Bonchev–Trinajstić information content (AvgIpc) is 3.42. The molecule has 4 heterocycles. The van der Waals surface area contributed by atoms with Crippen LogP contribution in [0.2, 0.25) is 5.02 Å². The summed E-state index contributed by atoms with van der Waals surface area (Å²) in [6, 6.07) is 13.8. The lowest BCUT2D eigenvalue weighted by molar-refractivity contribution is 0.195.